The molecule has 0 spiro atoms. The van der Waals surface area contributed by atoms with Gasteiger partial charge in [0.05, 0.1) is 5.56 Å². The number of nitrogens with one attached hydrogen (secondary N) is 1. The quantitative estimate of drug-likeness (QED) is 0.406. The van der Waals surface area contributed by atoms with Gasteiger partial charge in [-0.2, -0.15) is 0 Å². The average Bonchev–Trinajstić information content (AvgIpc) is 2.72. The summed E-state index contributed by atoms with van der Waals surface area (Å²) in [5, 5.41) is 12.4. The third-order valence-corrected chi connectivity index (χ3v) is 5.57. The Morgan fingerprint density at radius 1 is 1.18 bits per heavy atom. The molecule has 2 aliphatic rings. The fourth-order valence-corrected chi connectivity index (χ4v) is 3.90. The number of carboxylic acids is 1. The summed E-state index contributed by atoms with van der Waals surface area (Å²) in [6.45, 7) is 2.99. The number of nitrogen functional groups attached to an aromatic ring is 1. The van der Waals surface area contributed by atoms with Crippen LogP contribution in [0.25, 0.3) is 0 Å². The fraction of sp³-hybridized carbons (Fsp3) is 0.476. The van der Waals surface area contributed by atoms with Crippen LogP contribution in [0.5, 0.6) is 0 Å². The number of nitrogens with two attached hydrogens (primary N) is 1. The van der Waals surface area contributed by atoms with Crippen LogP contribution >= 0.6 is 0 Å². The average molecular weight is 385 g/mol. The summed E-state index contributed by atoms with van der Waals surface area (Å²) in [4.78, 5) is 38.2. The molecule has 3 rings (SSSR count). The molecule has 28 heavy (non-hydrogen) atoms. The number of ketones is 1. The summed E-state index contributed by atoms with van der Waals surface area (Å²) in [6.07, 6.45) is 7.22. The van der Waals surface area contributed by atoms with Crippen LogP contribution in [-0.4, -0.2) is 53.8 Å². The van der Waals surface area contributed by atoms with E-state index < -0.39 is 5.97 Å². The lowest BCUT2D eigenvalue weighted by Crippen LogP contribution is -2.41. The first-order valence-electron chi connectivity index (χ1n) is 9.80. The van der Waals surface area contributed by atoms with Crippen LogP contribution < -0.4 is 11.1 Å². The Labute approximate surface area is 164 Å². The Balaban J connectivity index is 1.63. The van der Waals surface area contributed by atoms with Gasteiger partial charge in [0.15, 0.2) is 5.78 Å². The second kappa shape index (κ2) is 9.01. The highest BCUT2D eigenvalue weighted by atomic mass is 16.4. The van der Waals surface area contributed by atoms with E-state index in [1.165, 1.54) is 18.2 Å². The second-order valence-electron chi connectivity index (χ2n) is 7.54. The van der Waals surface area contributed by atoms with Gasteiger partial charge in [-0.25, -0.2) is 4.79 Å². The molecule has 7 nitrogen and oxygen atoms in total. The molecule has 0 aliphatic carbocycles. The highest BCUT2D eigenvalue weighted by Crippen LogP contribution is 2.24. The molecule has 1 amide bonds. The molecule has 0 aromatic heterocycles. The van der Waals surface area contributed by atoms with Gasteiger partial charge >= 0.3 is 5.97 Å². The number of carbonyl (C=O) groups is 3. The van der Waals surface area contributed by atoms with Crippen molar-refractivity contribution in [2.45, 2.75) is 25.7 Å². The van der Waals surface area contributed by atoms with Gasteiger partial charge in [-0.15, -0.1) is 0 Å². The lowest BCUT2D eigenvalue weighted by molar-refractivity contribution is -0.127. The number of hydrogen-bond donors (Lipinski definition) is 3. The monoisotopic (exact) mass is 385 g/mol. The number of rotatable bonds is 5. The summed E-state index contributed by atoms with van der Waals surface area (Å²) in [5.41, 5.74) is 6.22. The highest BCUT2D eigenvalue weighted by Gasteiger charge is 2.29. The van der Waals surface area contributed by atoms with Crippen LogP contribution in [0.2, 0.25) is 0 Å². The van der Waals surface area contributed by atoms with Crippen molar-refractivity contribution < 1.29 is 19.5 Å². The summed E-state index contributed by atoms with van der Waals surface area (Å²) in [6, 6.07) is 4.28. The van der Waals surface area contributed by atoms with Crippen molar-refractivity contribution in [3.05, 3.63) is 41.5 Å². The third-order valence-electron chi connectivity index (χ3n) is 5.57. The maximum Gasteiger partial charge on any atom is 0.337 e. The number of amides is 1. The van der Waals surface area contributed by atoms with Gasteiger partial charge in [0, 0.05) is 30.3 Å². The van der Waals surface area contributed by atoms with Crippen molar-refractivity contribution in [3.63, 3.8) is 0 Å². The zero-order valence-corrected chi connectivity index (χ0v) is 15.9. The maximum atomic E-state index is 12.8. The topological polar surface area (TPSA) is 113 Å². The largest absolute Gasteiger partial charge is 0.478 e. The van der Waals surface area contributed by atoms with Crippen LogP contribution in [0.1, 0.15) is 46.4 Å². The van der Waals surface area contributed by atoms with E-state index in [-0.39, 0.29) is 28.9 Å². The van der Waals surface area contributed by atoms with Crippen molar-refractivity contribution in [3.8, 4) is 0 Å². The van der Waals surface area contributed by atoms with Crippen LogP contribution in [-0.2, 0) is 4.79 Å². The Kier molecular flexibility index (Phi) is 6.46. The minimum atomic E-state index is -1.12. The Hall–Kier alpha value is -2.67. The van der Waals surface area contributed by atoms with E-state index in [9.17, 15) is 14.4 Å². The lowest BCUT2D eigenvalue weighted by Gasteiger charge is -2.31. The maximum absolute atomic E-state index is 12.8. The van der Waals surface area contributed by atoms with E-state index >= 15 is 0 Å². The molecule has 1 atom stereocenters. The number of carbonyl (C=O) groups excluding carboxylic acids is 2. The number of anilines is 1. The highest BCUT2D eigenvalue weighted by molar-refractivity contribution is 6.02. The normalized spacial score (nSPS) is 21.0. The Morgan fingerprint density at radius 2 is 1.93 bits per heavy atom. The molecule has 0 bridgehead atoms. The van der Waals surface area contributed by atoms with Gasteiger partial charge in [0.1, 0.15) is 0 Å². The molecule has 2 aliphatic heterocycles. The number of allylic oxidation sites excluding steroid dienone is 1. The molecular formula is C21H27N3O4. The van der Waals surface area contributed by atoms with E-state index in [1.54, 1.807) is 11.0 Å². The summed E-state index contributed by atoms with van der Waals surface area (Å²) < 4.78 is 0. The number of hydrogen-bond acceptors (Lipinski definition) is 5. The molecule has 0 unspecified atom stereocenters. The number of benzene rings is 1. The molecule has 0 radical (unpaired) electrons. The molecule has 2 saturated heterocycles. The Morgan fingerprint density at radius 3 is 2.61 bits per heavy atom. The molecule has 1 aromatic rings. The zero-order chi connectivity index (χ0) is 20.1. The predicted molar refractivity (Wildman–Crippen MR) is 106 cm³/mol. The first kappa shape index (κ1) is 20.1. The SMILES string of the molecule is Nc1cc(C(=O)[C@@H]2CCCN(C(=O)C=CC3CCNCC3)C2)ccc1C(=O)O. The smallest absolute Gasteiger partial charge is 0.337 e. The number of Topliss-reactive ketones (excluding diaryl/α,β-unsaturated/α-hetero) is 1. The minimum Gasteiger partial charge on any atom is -0.478 e. The van der Waals surface area contributed by atoms with E-state index in [1.807, 2.05) is 6.08 Å². The zero-order valence-electron chi connectivity index (χ0n) is 15.9. The van der Waals surface area contributed by atoms with Crippen molar-refractivity contribution in [2.24, 2.45) is 11.8 Å². The second-order valence-corrected chi connectivity index (χ2v) is 7.54. The third kappa shape index (κ3) is 4.78. The van der Waals surface area contributed by atoms with Crippen molar-refractivity contribution in [2.75, 3.05) is 31.9 Å². The molecule has 2 fully saturated rings. The van der Waals surface area contributed by atoms with Gasteiger partial charge in [-0.1, -0.05) is 12.1 Å². The van der Waals surface area contributed by atoms with Gasteiger partial charge in [0.25, 0.3) is 0 Å². The first-order chi connectivity index (χ1) is 13.5. The molecular weight excluding hydrogens is 358 g/mol. The molecule has 150 valence electrons. The van der Waals surface area contributed by atoms with Gasteiger partial charge < -0.3 is 21.1 Å². The standard InChI is InChI=1S/C21H27N3O4/c22-18-12-15(4-5-17(18)21(27)28)20(26)16-2-1-11-24(13-16)19(25)6-3-14-7-9-23-10-8-14/h3-6,12,14,16,23H,1-2,7-11,13,22H2,(H,27,28)/t16-/m1/s1. The number of aromatic carboxylic acids is 1. The van der Waals surface area contributed by atoms with E-state index in [0.717, 1.165) is 32.4 Å². The first-order valence-corrected chi connectivity index (χ1v) is 9.80. The molecule has 7 heteroatoms. The van der Waals surface area contributed by atoms with Crippen LogP contribution in [0.3, 0.4) is 0 Å². The number of piperidine rings is 2. The lowest BCUT2D eigenvalue weighted by atomic mass is 9.89. The summed E-state index contributed by atoms with van der Waals surface area (Å²) in [7, 11) is 0. The van der Waals surface area contributed by atoms with Gasteiger partial charge in [-0.05, 0) is 62.9 Å². The Bertz CT molecular complexity index is 784. The number of carboxylic acid groups (broad SMARTS) is 1. The van der Waals surface area contributed by atoms with Crippen molar-refractivity contribution in [1.82, 2.24) is 10.2 Å². The number of nitrogens with zero attached hydrogens (tertiary/aromatic N) is 1. The van der Waals surface area contributed by atoms with Gasteiger partial charge in [0.2, 0.25) is 5.91 Å². The van der Waals surface area contributed by atoms with Crippen LogP contribution in [0.4, 0.5) is 5.69 Å². The van der Waals surface area contributed by atoms with E-state index in [0.29, 0.717) is 31.0 Å². The van der Waals surface area contributed by atoms with Crippen molar-refractivity contribution in [1.29, 1.82) is 0 Å². The molecule has 1 aromatic carbocycles. The minimum absolute atomic E-state index is 0.0138. The molecule has 0 saturated carbocycles. The van der Waals surface area contributed by atoms with E-state index in [2.05, 4.69) is 5.32 Å². The van der Waals surface area contributed by atoms with Crippen molar-refractivity contribution >= 4 is 23.3 Å². The molecule has 4 N–H and O–H groups in total. The summed E-state index contributed by atoms with van der Waals surface area (Å²) in [5.74, 6) is -1.12. The van der Waals surface area contributed by atoms with Gasteiger partial charge in [-0.3, -0.25) is 9.59 Å². The predicted octanol–water partition coefficient (Wildman–Crippen LogP) is 1.94. The van der Waals surface area contributed by atoms with Crippen LogP contribution in [0.15, 0.2) is 30.4 Å². The fourth-order valence-electron chi connectivity index (χ4n) is 3.90. The number of likely N-dealkylation sites (tertiary alicyclic amines) is 1. The summed E-state index contributed by atoms with van der Waals surface area (Å²) >= 11 is 0. The van der Waals surface area contributed by atoms with Crippen LogP contribution in [0, 0.1) is 11.8 Å². The molecule has 2 heterocycles. The van der Waals surface area contributed by atoms with E-state index in [4.69, 9.17) is 10.8 Å².